The molecule has 0 atom stereocenters. The van der Waals surface area contributed by atoms with Crippen molar-refractivity contribution in [2.24, 2.45) is 0 Å². The Bertz CT molecular complexity index is 847. The number of halogens is 3. The van der Waals surface area contributed by atoms with Crippen LogP contribution in [-0.4, -0.2) is 19.7 Å². The number of nitrogens with zero attached hydrogens (tertiary/aromatic N) is 4. The van der Waals surface area contributed by atoms with Crippen molar-refractivity contribution in [1.29, 1.82) is 0 Å². The van der Waals surface area contributed by atoms with Gasteiger partial charge in [-0.1, -0.05) is 36.0 Å². The second-order valence-corrected chi connectivity index (χ2v) is 6.19. The predicted molar refractivity (Wildman–Crippen MR) is 89.9 cm³/mol. The highest BCUT2D eigenvalue weighted by molar-refractivity contribution is 7.98. The summed E-state index contributed by atoms with van der Waals surface area (Å²) in [7, 11) is 0. The lowest BCUT2D eigenvalue weighted by molar-refractivity contribution is -0.137. The molecule has 0 fully saturated rings. The van der Waals surface area contributed by atoms with E-state index in [9.17, 15) is 13.2 Å². The SMILES string of the molecule is CCn1c(SCc2cccc(C(F)(F)F)c2)nnc1-c1ccccn1. The highest BCUT2D eigenvalue weighted by Crippen LogP contribution is 2.31. The Morgan fingerprint density at radius 1 is 1.08 bits per heavy atom. The molecule has 0 saturated carbocycles. The zero-order valence-corrected chi connectivity index (χ0v) is 14.2. The van der Waals surface area contributed by atoms with Crippen molar-refractivity contribution in [3.05, 3.63) is 59.8 Å². The van der Waals surface area contributed by atoms with Gasteiger partial charge in [-0.2, -0.15) is 13.2 Å². The second-order valence-electron chi connectivity index (χ2n) is 5.25. The molecule has 3 aromatic rings. The lowest BCUT2D eigenvalue weighted by Gasteiger charge is -2.09. The van der Waals surface area contributed by atoms with Gasteiger partial charge in [-0.15, -0.1) is 10.2 Å². The summed E-state index contributed by atoms with van der Waals surface area (Å²) in [4.78, 5) is 4.27. The van der Waals surface area contributed by atoms with E-state index in [4.69, 9.17) is 0 Å². The first-order valence-electron chi connectivity index (χ1n) is 7.62. The van der Waals surface area contributed by atoms with Crippen molar-refractivity contribution in [3.8, 4) is 11.5 Å². The van der Waals surface area contributed by atoms with E-state index in [-0.39, 0.29) is 0 Å². The van der Waals surface area contributed by atoms with Gasteiger partial charge in [-0.05, 0) is 30.7 Å². The van der Waals surface area contributed by atoms with Crippen LogP contribution >= 0.6 is 11.8 Å². The lowest BCUT2D eigenvalue weighted by atomic mass is 10.1. The Morgan fingerprint density at radius 3 is 2.60 bits per heavy atom. The molecule has 2 heterocycles. The van der Waals surface area contributed by atoms with Crippen molar-refractivity contribution < 1.29 is 13.2 Å². The first-order chi connectivity index (χ1) is 12.0. The predicted octanol–water partition coefficient (Wildman–Crippen LogP) is 4.67. The van der Waals surface area contributed by atoms with Gasteiger partial charge < -0.3 is 4.57 Å². The standard InChI is InChI=1S/C17H15F3N4S/c1-2-24-15(14-8-3-4-9-21-14)22-23-16(24)25-11-12-6-5-7-13(10-12)17(18,19)20/h3-10H,2,11H2,1H3. The van der Waals surface area contributed by atoms with Crippen molar-refractivity contribution in [3.63, 3.8) is 0 Å². The number of alkyl halides is 3. The molecule has 8 heteroatoms. The molecule has 4 nitrogen and oxygen atoms in total. The van der Waals surface area contributed by atoms with E-state index < -0.39 is 11.7 Å². The third-order valence-electron chi connectivity index (χ3n) is 3.55. The summed E-state index contributed by atoms with van der Waals surface area (Å²) in [6.45, 7) is 2.61. The Morgan fingerprint density at radius 2 is 1.92 bits per heavy atom. The zero-order valence-electron chi connectivity index (χ0n) is 13.4. The number of pyridine rings is 1. The number of aromatic nitrogens is 4. The van der Waals surface area contributed by atoms with E-state index in [1.54, 1.807) is 12.3 Å². The van der Waals surface area contributed by atoms with Crippen LogP contribution in [0.1, 0.15) is 18.1 Å². The minimum atomic E-state index is -4.34. The molecular formula is C17H15F3N4S. The van der Waals surface area contributed by atoms with E-state index in [1.807, 2.05) is 29.7 Å². The van der Waals surface area contributed by atoms with E-state index in [2.05, 4.69) is 15.2 Å². The highest BCUT2D eigenvalue weighted by Gasteiger charge is 2.30. The van der Waals surface area contributed by atoms with Gasteiger partial charge in [-0.25, -0.2) is 0 Å². The van der Waals surface area contributed by atoms with E-state index >= 15 is 0 Å². The number of thioether (sulfide) groups is 1. The third kappa shape index (κ3) is 4.01. The quantitative estimate of drug-likeness (QED) is 0.617. The minimum Gasteiger partial charge on any atom is -0.301 e. The Labute approximate surface area is 147 Å². The molecule has 0 bridgehead atoms. The molecule has 0 aliphatic heterocycles. The fourth-order valence-corrected chi connectivity index (χ4v) is 3.30. The van der Waals surface area contributed by atoms with Gasteiger partial charge in [0.25, 0.3) is 0 Å². The minimum absolute atomic E-state index is 0.379. The Kier molecular flexibility index (Phi) is 5.08. The molecule has 3 rings (SSSR count). The van der Waals surface area contributed by atoms with Gasteiger partial charge in [0.1, 0.15) is 5.69 Å². The molecule has 0 aliphatic carbocycles. The van der Waals surface area contributed by atoms with Crippen molar-refractivity contribution in [1.82, 2.24) is 19.7 Å². The Balaban J connectivity index is 1.80. The van der Waals surface area contributed by atoms with Gasteiger partial charge in [0.2, 0.25) is 0 Å². The lowest BCUT2D eigenvalue weighted by Crippen LogP contribution is -2.05. The van der Waals surface area contributed by atoms with Crippen LogP contribution in [0.5, 0.6) is 0 Å². The topological polar surface area (TPSA) is 43.6 Å². The van der Waals surface area contributed by atoms with Gasteiger partial charge in [-0.3, -0.25) is 4.98 Å². The normalized spacial score (nSPS) is 11.7. The fraction of sp³-hybridized carbons (Fsp3) is 0.235. The van der Waals surface area contributed by atoms with Crippen LogP contribution in [0.3, 0.4) is 0 Å². The number of hydrogen-bond donors (Lipinski definition) is 0. The number of rotatable bonds is 5. The Hall–Kier alpha value is -2.35. The zero-order chi connectivity index (χ0) is 17.9. The molecule has 25 heavy (non-hydrogen) atoms. The molecular weight excluding hydrogens is 349 g/mol. The summed E-state index contributed by atoms with van der Waals surface area (Å²) < 4.78 is 40.3. The fourth-order valence-electron chi connectivity index (χ4n) is 2.35. The average Bonchev–Trinajstić information content (AvgIpc) is 3.03. The molecule has 0 radical (unpaired) electrons. The van der Waals surface area contributed by atoms with Crippen LogP contribution in [-0.2, 0) is 18.5 Å². The summed E-state index contributed by atoms with van der Waals surface area (Å²) in [5.74, 6) is 1.03. The van der Waals surface area contributed by atoms with E-state index in [0.717, 1.165) is 6.07 Å². The van der Waals surface area contributed by atoms with Crippen LogP contribution in [0.4, 0.5) is 13.2 Å². The van der Waals surface area contributed by atoms with Gasteiger partial charge >= 0.3 is 6.18 Å². The smallest absolute Gasteiger partial charge is 0.301 e. The van der Waals surface area contributed by atoms with Crippen molar-refractivity contribution in [2.45, 2.75) is 30.6 Å². The molecule has 0 unspecified atom stereocenters. The second kappa shape index (κ2) is 7.26. The van der Waals surface area contributed by atoms with E-state index in [1.165, 1.54) is 23.9 Å². The van der Waals surface area contributed by atoms with Gasteiger partial charge in [0.05, 0.1) is 5.56 Å². The molecule has 2 aromatic heterocycles. The summed E-state index contributed by atoms with van der Waals surface area (Å²) in [6.07, 6.45) is -2.66. The highest BCUT2D eigenvalue weighted by atomic mass is 32.2. The van der Waals surface area contributed by atoms with Crippen molar-refractivity contribution in [2.75, 3.05) is 0 Å². The van der Waals surface area contributed by atoms with Gasteiger partial charge in [0, 0.05) is 18.5 Å². The van der Waals surface area contributed by atoms with E-state index in [0.29, 0.717) is 34.5 Å². The third-order valence-corrected chi connectivity index (χ3v) is 4.59. The van der Waals surface area contributed by atoms with Crippen LogP contribution in [0.15, 0.2) is 53.8 Å². The molecule has 1 aromatic carbocycles. The van der Waals surface area contributed by atoms with Crippen molar-refractivity contribution >= 4 is 11.8 Å². The average molecular weight is 364 g/mol. The summed E-state index contributed by atoms with van der Waals surface area (Å²) in [6, 6.07) is 10.9. The first kappa shape index (κ1) is 17.5. The van der Waals surface area contributed by atoms with Crippen LogP contribution in [0.2, 0.25) is 0 Å². The maximum atomic E-state index is 12.8. The number of benzene rings is 1. The van der Waals surface area contributed by atoms with Crippen LogP contribution in [0, 0.1) is 0 Å². The molecule has 0 amide bonds. The number of hydrogen-bond acceptors (Lipinski definition) is 4. The summed E-state index contributed by atoms with van der Waals surface area (Å²) in [5, 5.41) is 8.99. The van der Waals surface area contributed by atoms with Gasteiger partial charge in [0.15, 0.2) is 11.0 Å². The molecule has 130 valence electrons. The molecule has 0 saturated heterocycles. The first-order valence-corrected chi connectivity index (χ1v) is 8.61. The monoisotopic (exact) mass is 364 g/mol. The van der Waals surface area contributed by atoms with Crippen LogP contribution in [0.25, 0.3) is 11.5 Å². The summed E-state index contributed by atoms with van der Waals surface area (Å²) in [5.41, 5.74) is 0.657. The maximum absolute atomic E-state index is 12.8. The molecule has 0 N–H and O–H groups in total. The summed E-state index contributed by atoms with van der Waals surface area (Å²) >= 11 is 1.35. The maximum Gasteiger partial charge on any atom is 0.416 e. The molecule has 0 aliphatic rings. The molecule has 0 spiro atoms. The largest absolute Gasteiger partial charge is 0.416 e. The van der Waals surface area contributed by atoms with Crippen LogP contribution < -0.4 is 0 Å².